The average Bonchev–Trinajstić information content (AvgIpc) is 2.97. The molecule has 2 aromatic rings. The van der Waals surface area contributed by atoms with Crippen LogP contribution in [0.2, 0.25) is 0 Å². The Bertz CT molecular complexity index is 640. The van der Waals surface area contributed by atoms with Gasteiger partial charge in [0, 0.05) is 24.9 Å². The van der Waals surface area contributed by atoms with E-state index in [4.69, 9.17) is 5.11 Å². The van der Waals surface area contributed by atoms with Crippen molar-refractivity contribution in [3.8, 4) is 0 Å². The topological polar surface area (TPSA) is 70.5 Å². The fourth-order valence-corrected chi connectivity index (χ4v) is 2.86. The van der Waals surface area contributed by atoms with Crippen molar-refractivity contribution in [1.82, 2.24) is 9.88 Å². The summed E-state index contributed by atoms with van der Waals surface area (Å²) >= 11 is 1.45. The largest absolute Gasteiger partial charge is 0.481 e. The first-order chi connectivity index (χ1) is 10.6. The van der Waals surface area contributed by atoms with Crippen LogP contribution in [0.1, 0.15) is 34.4 Å². The molecule has 116 valence electrons. The van der Waals surface area contributed by atoms with E-state index >= 15 is 0 Å². The predicted molar refractivity (Wildman–Crippen MR) is 85.2 cm³/mol. The van der Waals surface area contributed by atoms with E-state index in [1.807, 2.05) is 37.3 Å². The monoisotopic (exact) mass is 318 g/mol. The lowest BCUT2D eigenvalue weighted by Crippen LogP contribution is -2.33. The number of carbonyl (C=O) groups is 2. The SMILES string of the molecule is CCN(CCC(=O)O)C(=O)c1csc(Cc2ccccc2)n1. The maximum absolute atomic E-state index is 12.3. The lowest BCUT2D eigenvalue weighted by molar-refractivity contribution is -0.137. The van der Waals surface area contributed by atoms with Crippen LogP contribution in [0.5, 0.6) is 0 Å². The second-order valence-electron chi connectivity index (χ2n) is 4.82. The van der Waals surface area contributed by atoms with E-state index in [2.05, 4.69) is 4.98 Å². The number of carboxylic acids is 1. The molecule has 22 heavy (non-hydrogen) atoms. The van der Waals surface area contributed by atoms with Crippen LogP contribution in [0, 0.1) is 0 Å². The van der Waals surface area contributed by atoms with E-state index in [9.17, 15) is 9.59 Å². The smallest absolute Gasteiger partial charge is 0.305 e. The molecule has 0 aliphatic carbocycles. The Morgan fingerprint density at radius 3 is 2.64 bits per heavy atom. The molecule has 1 N–H and O–H groups in total. The van der Waals surface area contributed by atoms with Crippen molar-refractivity contribution in [1.29, 1.82) is 0 Å². The van der Waals surface area contributed by atoms with Gasteiger partial charge in [0.2, 0.25) is 0 Å². The standard InChI is InChI=1S/C16H18N2O3S/c1-2-18(9-8-15(19)20)16(21)13-11-22-14(17-13)10-12-6-4-3-5-7-12/h3-7,11H,2,8-10H2,1H3,(H,19,20). The molecular formula is C16H18N2O3S. The van der Waals surface area contributed by atoms with Crippen molar-refractivity contribution in [3.05, 3.63) is 52.0 Å². The molecule has 1 amide bonds. The van der Waals surface area contributed by atoms with Crippen molar-refractivity contribution < 1.29 is 14.7 Å². The van der Waals surface area contributed by atoms with Gasteiger partial charge in [0.15, 0.2) is 0 Å². The number of amides is 1. The lowest BCUT2D eigenvalue weighted by atomic mass is 10.2. The van der Waals surface area contributed by atoms with Crippen LogP contribution in [0.3, 0.4) is 0 Å². The highest BCUT2D eigenvalue weighted by molar-refractivity contribution is 7.09. The highest BCUT2D eigenvalue weighted by Gasteiger charge is 2.18. The fraction of sp³-hybridized carbons (Fsp3) is 0.312. The number of carboxylic acid groups (broad SMARTS) is 1. The maximum atomic E-state index is 12.3. The van der Waals surface area contributed by atoms with E-state index in [1.165, 1.54) is 16.2 Å². The molecule has 1 heterocycles. The Hall–Kier alpha value is -2.21. The second-order valence-corrected chi connectivity index (χ2v) is 5.76. The first-order valence-corrected chi connectivity index (χ1v) is 7.97. The molecule has 0 fully saturated rings. The Morgan fingerprint density at radius 1 is 1.27 bits per heavy atom. The minimum Gasteiger partial charge on any atom is -0.481 e. The molecule has 5 nitrogen and oxygen atoms in total. The van der Waals surface area contributed by atoms with Crippen LogP contribution in [-0.2, 0) is 11.2 Å². The molecule has 0 aliphatic rings. The number of aliphatic carboxylic acids is 1. The Morgan fingerprint density at radius 2 is 2.00 bits per heavy atom. The molecule has 0 aliphatic heterocycles. The molecule has 0 radical (unpaired) electrons. The lowest BCUT2D eigenvalue weighted by Gasteiger charge is -2.18. The van der Waals surface area contributed by atoms with Crippen molar-refractivity contribution in [3.63, 3.8) is 0 Å². The zero-order valence-electron chi connectivity index (χ0n) is 12.4. The number of nitrogens with zero attached hydrogens (tertiary/aromatic N) is 2. The van der Waals surface area contributed by atoms with Crippen LogP contribution in [-0.4, -0.2) is 40.0 Å². The van der Waals surface area contributed by atoms with Gasteiger partial charge in [0.25, 0.3) is 5.91 Å². The summed E-state index contributed by atoms with van der Waals surface area (Å²) in [6.07, 6.45) is 0.640. The van der Waals surface area contributed by atoms with Crippen LogP contribution >= 0.6 is 11.3 Å². The van der Waals surface area contributed by atoms with E-state index in [0.29, 0.717) is 18.7 Å². The first kappa shape index (κ1) is 16.2. The molecular weight excluding hydrogens is 300 g/mol. The van der Waals surface area contributed by atoms with Gasteiger partial charge >= 0.3 is 5.97 Å². The number of thiazole rings is 1. The van der Waals surface area contributed by atoms with Crippen molar-refractivity contribution in [2.75, 3.05) is 13.1 Å². The molecule has 0 saturated carbocycles. The Kier molecular flexibility index (Phi) is 5.66. The quantitative estimate of drug-likeness (QED) is 0.852. The normalized spacial score (nSPS) is 10.4. The van der Waals surface area contributed by atoms with Gasteiger partial charge in [-0.3, -0.25) is 9.59 Å². The summed E-state index contributed by atoms with van der Waals surface area (Å²) in [5.74, 6) is -1.12. The van der Waals surface area contributed by atoms with Gasteiger partial charge in [-0.2, -0.15) is 0 Å². The number of hydrogen-bond donors (Lipinski definition) is 1. The van der Waals surface area contributed by atoms with Gasteiger partial charge in [0.05, 0.1) is 11.4 Å². The minimum absolute atomic E-state index is 0.0550. The predicted octanol–water partition coefficient (Wildman–Crippen LogP) is 2.67. The summed E-state index contributed by atoms with van der Waals surface area (Å²) in [6.45, 7) is 2.50. The summed E-state index contributed by atoms with van der Waals surface area (Å²) in [5.41, 5.74) is 1.54. The first-order valence-electron chi connectivity index (χ1n) is 7.09. The van der Waals surface area contributed by atoms with Gasteiger partial charge in [-0.25, -0.2) is 4.98 Å². The number of benzene rings is 1. The summed E-state index contributed by atoms with van der Waals surface area (Å²) in [4.78, 5) is 28.9. The number of rotatable bonds is 7. The zero-order valence-corrected chi connectivity index (χ0v) is 13.2. The van der Waals surface area contributed by atoms with Crippen molar-refractivity contribution in [2.24, 2.45) is 0 Å². The third-order valence-electron chi connectivity index (χ3n) is 3.23. The average molecular weight is 318 g/mol. The van der Waals surface area contributed by atoms with Crippen molar-refractivity contribution in [2.45, 2.75) is 19.8 Å². The molecule has 0 bridgehead atoms. The van der Waals surface area contributed by atoms with E-state index < -0.39 is 5.97 Å². The van der Waals surface area contributed by atoms with Gasteiger partial charge < -0.3 is 10.0 Å². The molecule has 1 aromatic carbocycles. The highest BCUT2D eigenvalue weighted by Crippen LogP contribution is 2.16. The van der Waals surface area contributed by atoms with Crippen LogP contribution in [0.25, 0.3) is 0 Å². The molecule has 0 saturated heterocycles. The Labute approximate surface area is 133 Å². The molecule has 0 unspecified atom stereocenters. The van der Waals surface area contributed by atoms with Crippen LogP contribution in [0.15, 0.2) is 35.7 Å². The molecule has 2 rings (SSSR count). The third kappa shape index (κ3) is 4.39. The van der Waals surface area contributed by atoms with E-state index in [0.717, 1.165) is 10.6 Å². The molecule has 6 heteroatoms. The highest BCUT2D eigenvalue weighted by atomic mass is 32.1. The van der Waals surface area contributed by atoms with E-state index in [-0.39, 0.29) is 18.9 Å². The number of carbonyl (C=O) groups excluding carboxylic acids is 1. The Balaban J connectivity index is 2.03. The van der Waals surface area contributed by atoms with Crippen LogP contribution in [0.4, 0.5) is 0 Å². The van der Waals surface area contributed by atoms with Gasteiger partial charge in [-0.1, -0.05) is 30.3 Å². The summed E-state index contributed by atoms with van der Waals surface area (Å²) in [7, 11) is 0. The van der Waals surface area contributed by atoms with Gasteiger partial charge in [-0.15, -0.1) is 11.3 Å². The van der Waals surface area contributed by atoms with Crippen LogP contribution < -0.4 is 0 Å². The van der Waals surface area contributed by atoms with Gasteiger partial charge in [0.1, 0.15) is 5.69 Å². The third-order valence-corrected chi connectivity index (χ3v) is 4.08. The molecule has 0 spiro atoms. The zero-order chi connectivity index (χ0) is 15.9. The molecule has 1 aromatic heterocycles. The van der Waals surface area contributed by atoms with Crippen molar-refractivity contribution >= 4 is 23.2 Å². The molecule has 0 atom stereocenters. The minimum atomic E-state index is -0.908. The van der Waals surface area contributed by atoms with Gasteiger partial charge in [-0.05, 0) is 12.5 Å². The fourth-order valence-electron chi connectivity index (χ4n) is 2.06. The number of hydrogen-bond acceptors (Lipinski definition) is 4. The second kappa shape index (κ2) is 7.70. The summed E-state index contributed by atoms with van der Waals surface area (Å²) in [5, 5.41) is 11.3. The number of aromatic nitrogens is 1. The van der Waals surface area contributed by atoms with E-state index in [1.54, 1.807) is 5.38 Å². The summed E-state index contributed by atoms with van der Waals surface area (Å²) in [6, 6.07) is 9.95. The summed E-state index contributed by atoms with van der Waals surface area (Å²) < 4.78 is 0. The maximum Gasteiger partial charge on any atom is 0.305 e.